The molecule has 3 aromatic carbocycles. The molecule has 3 aromatic rings. The Hall–Kier alpha value is -3.65. The second-order valence-corrected chi connectivity index (χ2v) is 10.7. The number of Topliss-reactive ketones (excluding diaryl/α,β-unsaturated/α-hetero) is 1. The van der Waals surface area contributed by atoms with Gasteiger partial charge in [0.1, 0.15) is 25.4 Å². The van der Waals surface area contributed by atoms with Gasteiger partial charge in [0.05, 0.1) is 25.8 Å². The number of carbonyl (C=O) groups is 2. The van der Waals surface area contributed by atoms with Crippen molar-refractivity contribution in [1.82, 2.24) is 4.90 Å². The lowest BCUT2D eigenvalue weighted by molar-refractivity contribution is -0.908. The lowest BCUT2D eigenvalue weighted by atomic mass is 9.94. The Kier molecular flexibility index (Phi) is 8.85. The molecule has 5 rings (SSSR count). The van der Waals surface area contributed by atoms with E-state index >= 15 is 0 Å². The van der Waals surface area contributed by atoms with E-state index in [-0.39, 0.29) is 5.57 Å². The fourth-order valence-electron chi connectivity index (χ4n) is 5.37. The summed E-state index contributed by atoms with van der Waals surface area (Å²) < 4.78 is 11.4. The SMILES string of the molecule is Cc1cc(OCc2ccccc2)ccc1/C([O-])=C1\C(=O)C(=O)N(CCC[NH+]2CCOCC2)C1c1ccc(Cl)cc1. The summed E-state index contributed by atoms with van der Waals surface area (Å²) in [6.07, 6.45) is 0.715. The third-order valence-corrected chi connectivity index (χ3v) is 7.79. The van der Waals surface area contributed by atoms with Crippen molar-refractivity contribution >= 4 is 29.1 Å². The van der Waals surface area contributed by atoms with Crippen LogP contribution in [0.1, 0.15) is 34.7 Å². The van der Waals surface area contributed by atoms with Crippen LogP contribution in [0.2, 0.25) is 5.02 Å². The van der Waals surface area contributed by atoms with Crippen LogP contribution in [0.3, 0.4) is 0 Å². The molecule has 1 unspecified atom stereocenters. The first-order valence-corrected chi connectivity index (χ1v) is 14.0. The van der Waals surface area contributed by atoms with Crippen molar-refractivity contribution in [1.29, 1.82) is 0 Å². The number of carbonyl (C=O) groups excluding carboxylic acids is 2. The number of amides is 1. The van der Waals surface area contributed by atoms with Crippen LogP contribution in [0, 0.1) is 6.92 Å². The molecule has 0 aromatic heterocycles. The average Bonchev–Trinajstić information content (AvgIpc) is 3.22. The minimum absolute atomic E-state index is 0.0212. The summed E-state index contributed by atoms with van der Waals surface area (Å²) in [6.45, 7) is 6.76. The molecule has 2 fully saturated rings. The highest BCUT2D eigenvalue weighted by atomic mass is 35.5. The van der Waals surface area contributed by atoms with Crippen LogP contribution in [0.4, 0.5) is 0 Å². The van der Waals surface area contributed by atoms with Crippen molar-refractivity contribution in [2.45, 2.75) is 26.0 Å². The van der Waals surface area contributed by atoms with E-state index in [0.717, 1.165) is 38.4 Å². The summed E-state index contributed by atoms with van der Waals surface area (Å²) in [5.74, 6) is -1.20. The lowest BCUT2D eigenvalue weighted by Crippen LogP contribution is -3.14. The highest BCUT2D eigenvalue weighted by Crippen LogP contribution is 2.39. The summed E-state index contributed by atoms with van der Waals surface area (Å²) >= 11 is 6.13. The van der Waals surface area contributed by atoms with E-state index in [9.17, 15) is 14.7 Å². The monoisotopic (exact) mass is 560 g/mol. The van der Waals surface area contributed by atoms with Gasteiger partial charge in [0.15, 0.2) is 0 Å². The third-order valence-electron chi connectivity index (χ3n) is 7.54. The Bertz CT molecular complexity index is 1380. The van der Waals surface area contributed by atoms with E-state index in [1.54, 1.807) is 47.4 Å². The highest BCUT2D eigenvalue weighted by Gasteiger charge is 2.44. The molecule has 2 saturated heterocycles. The first-order chi connectivity index (χ1) is 19.4. The molecule has 2 aliphatic rings. The van der Waals surface area contributed by atoms with Crippen LogP contribution < -0.4 is 14.7 Å². The van der Waals surface area contributed by atoms with Crippen molar-refractivity contribution in [3.63, 3.8) is 0 Å². The van der Waals surface area contributed by atoms with Crippen LogP contribution in [-0.2, 0) is 20.9 Å². The molecule has 208 valence electrons. The Labute approximate surface area is 239 Å². The molecule has 0 aliphatic carbocycles. The van der Waals surface area contributed by atoms with Crippen LogP contribution >= 0.6 is 11.6 Å². The van der Waals surface area contributed by atoms with E-state index in [0.29, 0.717) is 47.0 Å². The minimum atomic E-state index is -0.766. The second kappa shape index (κ2) is 12.7. The average molecular weight is 561 g/mol. The third kappa shape index (κ3) is 6.22. The Morgan fingerprint density at radius 3 is 2.48 bits per heavy atom. The van der Waals surface area contributed by atoms with Gasteiger partial charge >= 0.3 is 0 Å². The number of halogens is 1. The van der Waals surface area contributed by atoms with E-state index in [2.05, 4.69) is 0 Å². The zero-order chi connectivity index (χ0) is 28.1. The first-order valence-electron chi connectivity index (χ1n) is 13.6. The molecule has 0 saturated carbocycles. The first kappa shape index (κ1) is 27.9. The zero-order valence-corrected chi connectivity index (χ0v) is 23.3. The number of ketones is 1. The fourth-order valence-corrected chi connectivity index (χ4v) is 5.49. The topological polar surface area (TPSA) is 83.3 Å². The van der Waals surface area contributed by atoms with Crippen LogP contribution in [0.5, 0.6) is 5.75 Å². The van der Waals surface area contributed by atoms with Gasteiger partial charge in [-0.1, -0.05) is 65.9 Å². The number of likely N-dealkylation sites (tertiary alicyclic amines) is 1. The summed E-state index contributed by atoms with van der Waals surface area (Å²) in [5.41, 5.74) is 2.75. The van der Waals surface area contributed by atoms with Gasteiger partial charge in [-0.05, 0) is 53.4 Å². The maximum absolute atomic E-state index is 13.9. The van der Waals surface area contributed by atoms with Gasteiger partial charge in [-0.25, -0.2) is 0 Å². The van der Waals surface area contributed by atoms with E-state index in [4.69, 9.17) is 21.1 Å². The van der Waals surface area contributed by atoms with E-state index < -0.39 is 23.5 Å². The molecular weight excluding hydrogens is 528 g/mol. The number of hydrogen-bond acceptors (Lipinski definition) is 5. The molecule has 1 atom stereocenters. The van der Waals surface area contributed by atoms with E-state index in [1.165, 1.54) is 4.90 Å². The van der Waals surface area contributed by atoms with Crippen LogP contribution in [0.25, 0.3) is 5.76 Å². The quantitative estimate of drug-likeness (QED) is 0.247. The largest absolute Gasteiger partial charge is 0.872 e. The van der Waals surface area contributed by atoms with Crippen molar-refractivity contribution < 1.29 is 29.1 Å². The summed E-state index contributed by atoms with van der Waals surface area (Å²) in [5, 5.41) is 14.4. The molecule has 0 radical (unpaired) electrons. The smallest absolute Gasteiger partial charge is 0.295 e. The van der Waals surface area contributed by atoms with Gasteiger partial charge in [0, 0.05) is 23.6 Å². The lowest BCUT2D eigenvalue weighted by Gasteiger charge is -2.29. The number of ether oxygens (including phenoxy) is 2. The van der Waals surface area contributed by atoms with E-state index in [1.807, 2.05) is 37.3 Å². The minimum Gasteiger partial charge on any atom is -0.872 e. The number of rotatable bonds is 9. The van der Waals surface area contributed by atoms with Gasteiger partial charge in [-0.15, -0.1) is 0 Å². The fraction of sp³-hybridized carbons (Fsp3) is 0.312. The number of hydrogen-bond donors (Lipinski definition) is 1. The Balaban J connectivity index is 1.42. The van der Waals surface area contributed by atoms with Gasteiger partial charge in [-0.2, -0.15) is 0 Å². The molecular formula is C32H33ClN2O5. The van der Waals surface area contributed by atoms with Gasteiger partial charge < -0.3 is 24.4 Å². The number of benzene rings is 3. The molecule has 0 bridgehead atoms. The number of nitrogens with one attached hydrogen (secondary N) is 1. The maximum atomic E-state index is 13.9. The summed E-state index contributed by atoms with van der Waals surface area (Å²) in [4.78, 5) is 29.6. The molecule has 7 nitrogen and oxygen atoms in total. The summed E-state index contributed by atoms with van der Waals surface area (Å²) in [6, 6.07) is 21.2. The predicted octanol–water partition coefficient (Wildman–Crippen LogP) is 2.76. The molecule has 0 spiro atoms. The molecule has 8 heteroatoms. The molecule has 2 heterocycles. The zero-order valence-electron chi connectivity index (χ0n) is 22.5. The van der Waals surface area contributed by atoms with Gasteiger partial charge in [0.2, 0.25) is 5.78 Å². The molecule has 1 N–H and O–H groups in total. The van der Waals surface area contributed by atoms with Crippen LogP contribution in [0.15, 0.2) is 78.4 Å². The molecule has 2 aliphatic heterocycles. The Morgan fingerprint density at radius 2 is 1.77 bits per heavy atom. The number of quaternary nitrogens is 1. The standard InChI is InChI=1S/C32H33ClN2O5/c1-22-20-26(40-21-23-6-3-2-4-7-23)12-13-27(22)30(36)28-29(24-8-10-25(33)11-9-24)35(32(38)31(28)37)15-5-14-34-16-18-39-19-17-34/h2-4,6-13,20,29,36H,5,14-19,21H2,1H3/b30-28+. The predicted molar refractivity (Wildman–Crippen MR) is 151 cm³/mol. The van der Waals surface area contributed by atoms with Crippen LogP contribution in [-0.4, -0.2) is 56.0 Å². The van der Waals surface area contributed by atoms with Gasteiger partial charge in [0.25, 0.3) is 5.91 Å². The second-order valence-electron chi connectivity index (χ2n) is 10.2. The summed E-state index contributed by atoms with van der Waals surface area (Å²) in [7, 11) is 0. The van der Waals surface area contributed by atoms with Crippen molar-refractivity contribution in [3.8, 4) is 5.75 Å². The molecule has 40 heavy (non-hydrogen) atoms. The van der Waals surface area contributed by atoms with Crippen molar-refractivity contribution in [2.24, 2.45) is 0 Å². The van der Waals surface area contributed by atoms with Gasteiger partial charge in [-0.3, -0.25) is 9.59 Å². The number of nitrogens with zero attached hydrogens (tertiary/aromatic N) is 1. The normalized spacial score (nSPS) is 19.2. The maximum Gasteiger partial charge on any atom is 0.295 e. The highest BCUT2D eigenvalue weighted by molar-refractivity contribution is 6.46. The Morgan fingerprint density at radius 1 is 1.05 bits per heavy atom. The number of aryl methyl sites for hydroxylation is 1. The van der Waals surface area contributed by atoms with Crippen molar-refractivity contribution in [3.05, 3.63) is 106 Å². The molecule has 1 amide bonds. The van der Waals surface area contributed by atoms with Crippen molar-refractivity contribution in [2.75, 3.05) is 39.4 Å². The number of morpholine rings is 1.